The zero-order valence-electron chi connectivity index (χ0n) is 11.6. The molecule has 2 aromatic rings. The van der Waals surface area contributed by atoms with Crippen molar-refractivity contribution in [2.24, 2.45) is 0 Å². The van der Waals surface area contributed by atoms with Gasteiger partial charge in [-0.3, -0.25) is 0 Å². The van der Waals surface area contributed by atoms with Crippen molar-refractivity contribution in [3.63, 3.8) is 0 Å². The van der Waals surface area contributed by atoms with Gasteiger partial charge in [0.2, 0.25) is 5.88 Å². The minimum Gasteiger partial charge on any atom is -0.476 e. The van der Waals surface area contributed by atoms with Crippen LogP contribution in [0.1, 0.15) is 12.5 Å². The maximum absolute atomic E-state index is 5.84. The topological polar surface area (TPSA) is 51.4 Å². The molecule has 0 fully saturated rings. The van der Waals surface area contributed by atoms with E-state index in [1.807, 2.05) is 38.2 Å². The molecule has 0 saturated carbocycles. The van der Waals surface area contributed by atoms with E-state index in [2.05, 4.69) is 37.9 Å². The standard InChI is InChI=1S/C15H18BrN3O/c1-3-20-15-13(17)7-8-14(18-15)19(2)10-11-5-4-6-12(16)9-11/h4-9H,3,10,17H2,1-2H3. The summed E-state index contributed by atoms with van der Waals surface area (Å²) >= 11 is 3.48. The van der Waals surface area contributed by atoms with Crippen LogP contribution in [0.3, 0.4) is 0 Å². The van der Waals surface area contributed by atoms with E-state index in [1.54, 1.807) is 0 Å². The fraction of sp³-hybridized carbons (Fsp3) is 0.267. The highest BCUT2D eigenvalue weighted by molar-refractivity contribution is 9.10. The molecule has 0 aliphatic rings. The van der Waals surface area contributed by atoms with Crippen LogP contribution in [0, 0.1) is 0 Å². The lowest BCUT2D eigenvalue weighted by Gasteiger charge is -2.19. The van der Waals surface area contributed by atoms with Gasteiger partial charge in [0.25, 0.3) is 0 Å². The summed E-state index contributed by atoms with van der Waals surface area (Å²) in [5, 5.41) is 0. The predicted octanol–water partition coefficient (Wildman–Crippen LogP) is 3.46. The first-order chi connectivity index (χ1) is 9.60. The minimum absolute atomic E-state index is 0.492. The summed E-state index contributed by atoms with van der Waals surface area (Å²) in [7, 11) is 2.00. The molecule has 0 saturated heterocycles. The molecule has 20 heavy (non-hydrogen) atoms. The SMILES string of the molecule is CCOc1nc(N(C)Cc2cccc(Br)c2)ccc1N. The molecule has 0 bridgehead atoms. The van der Waals surface area contributed by atoms with E-state index in [0.29, 0.717) is 18.2 Å². The summed E-state index contributed by atoms with van der Waals surface area (Å²) in [6.45, 7) is 3.23. The molecule has 1 aromatic heterocycles. The first-order valence-corrected chi connectivity index (χ1v) is 7.24. The number of hydrogen-bond donors (Lipinski definition) is 1. The Hall–Kier alpha value is -1.75. The predicted molar refractivity (Wildman–Crippen MR) is 86.1 cm³/mol. The Morgan fingerprint density at radius 1 is 1.30 bits per heavy atom. The number of aromatic nitrogens is 1. The molecule has 0 radical (unpaired) electrons. The molecule has 0 spiro atoms. The highest BCUT2D eigenvalue weighted by Gasteiger charge is 2.08. The molecular weight excluding hydrogens is 318 g/mol. The lowest BCUT2D eigenvalue weighted by Crippen LogP contribution is -2.18. The maximum Gasteiger partial charge on any atom is 0.239 e. The van der Waals surface area contributed by atoms with Crippen molar-refractivity contribution in [3.05, 3.63) is 46.4 Å². The van der Waals surface area contributed by atoms with Crippen LogP contribution in [0.25, 0.3) is 0 Å². The molecule has 0 aliphatic carbocycles. The molecule has 1 heterocycles. The first-order valence-electron chi connectivity index (χ1n) is 6.45. The second kappa shape index (κ2) is 6.61. The second-order valence-corrected chi connectivity index (χ2v) is 5.40. The molecule has 0 aliphatic heterocycles. The molecular formula is C15H18BrN3O. The van der Waals surface area contributed by atoms with Crippen molar-refractivity contribution in [1.82, 2.24) is 4.98 Å². The van der Waals surface area contributed by atoms with Gasteiger partial charge in [0.15, 0.2) is 0 Å². The summed E-state index contributed by atoms with van der Waals surface area (Å²) in [6, 6.07) is 11.9. The van der Waals surface area contributed by atoms with Gasteiger partial charge in [0.05, 0.1) is 12.3 Å². The third-order valence-electron chi connectivity index (χ3n) is 2.86. The number of halogens is 1. The van der Waals surface area contributed by atoms with Gasteiger partial charge in [0, 0.05) is 18.1 Å². The van der Waals surface area contributed by atoms with E-state index in [1.165, 1.54) is 5.56 Å². The quantitative estimate of drug-likeness (QED) is 0.908. The van der Waals surface area contributed by atoms with Crippen molar-refractivity contribution in [1.29, 1.82) is 0 Å². The molecule has 0 amide bonds. The van der Waals surface area contributed by atoms with Crippen molar-refractivity contribution >= 4 is 27.4 Å². The molecule has 1 aromatic carbocycles. The van der Waals surface area contributed by atoms with Gasteiger partial charge in [-0.15, -0.1) is 0 Å². The maximum atomic E-state index is 5.84. The molecule has 0 atom stereocenters. The highest BCUT2D eigenvalue weighted by atomic mass is 79.9. The first kappa shape index (κ1) is 14.7. The summed E-state index contributed by atoms with van der Waals surface area (Å²) in [5.41, 5.74) is 7.60. The summed E-state index contributed by atoms with van der Waals surface area (Å²) in [6.07, 6.45) is 0. The molecule has 0 unspecified atom stereocenters. The Bertz CT molecular complexity index is 589. The number of anilines is 2. The fourth-order valence-corrected chi connectivity index (χ4v) is 2.34. The summed E-state index contributed by atoms with van der Waals surface area (Å²) in [5.74, 6) is 1.33. The number of nitrogens with two attached hydrogens (primary N) is 1. The third kappa shape index (κ3) is 3.63. The normalized spacial score (nSPS) is 10.3. The fourth-order valence-electron chi connectivity index (χ4n) is 1.90. The largest absolute Gasteiger partial charge is 0.476 e. The van der Waals surface area contributed by atoms with Gasteiger partial charge >= 0.3 is 0 Å². The van der Waals surface area contributed by atoms with Crippen molar-refractivity contribution in [2.75, 3.05) is 24.3 Å². The van der Waals surface area contributed by atoms with Crippen LogP contribution in [0.4, 0.5) is 11.5 Å². The van der Waals surface area contributed by atoms with Gasteiger partial charge in [-0.2, -0.15) is 4.98 Å². The van der Waals surface area contributed by atoms with Crippen LogP contribution in [-0.4, -0.2) is 18.6 Å². The number of ether oxygens (including phenoxy) is 1. The van der Waals surface area contributed by atoms with Gasteiger partial charge in [-0.25, -0.2) is 0 Å². The molecule has 2 N–H and O–H groups in total. The van der Waals surface area contributed by atoms with Gasteiger partial charge in [0.1, 0.15) is 5.82 Å². The monoisotopic (exact) mass is 335 g/mol. The number of nitrogens with zero attached hydrogens (tertiary/aromatic N) is 2. The van der Waals surface area contributed by atoms with Crippen LogP contribution in [0.5, 0.6) is 5.88 Å². The van der Waals surface area contributed by atoms with Crippen molar-refractivity contribution in [2.45, 2.75) is 13.5 Å². The Morgan fingerprint density at radius 3 is 2.80 bits per heavy atom. The molecule has 4 nitrogen and oxygen atoms in total. The average molecular weight is 336 g/mol. The molecule has 5 heteroatoms. The van der Waals surface area contributed by atoms with Crippen LogP contribution in [-0.2, 0) is 6.54 Å². The lowest BCUT2D eigenvalue weighted by atomic mass is 10.2. The zero-order valence-corrected chi connectivity index (χ0v) is 13.2. The van der Waals surface area contributed by atoms with Gasteiger partial charge in [-0.05, 0) is 36.8 Å². The van der Waals surface area contributed by atoms with E-state index in [9.17, 15) is 0 Å². The number of nitrogen functional groups attached to an aromatic ring is 1. The van der Waals surface area contributed by atoms with Crippen molar-refractivity contribution < 1.29 is 4.74 Å². The zero-order chi connectivity index (χ0) is 14.5. The number of hydrogen-bond acceptors (Lipinski definition) is 4. The van der Waals surface area contributed by atoms with E-state index in [0.717, 1.165) is 16.8 Å². The average Bonchev–Trinajstić information content (AvgIpc) is 2.41. The van der Waals surface area contributed by atoms with Crippen LogP contribution in [0.15, 0.2) is 40.9 Å². The Kier molecular flexibility index (Phi) is 4.84. The lowest BCUT2D eigenvalue weighted by molar-refractivity contribution is 0.329. The van der Waals surface area contributed by atoms with Crippen LogP contribution >= 0.6 is 15.9 Å². The minimum atomic E-state index is 0.492. The van der Waals surface area contributed by atoms with Gasteiger partial charge in [-0.1, -0.05) is 28.1 Å². The Balaban J connectivity index is 2.16. The smallest absolute Gasteiger partial charge is 0.239 e. The van der Waals surface area contributed by atoms with E-state index >= 15 is 0 Å². The molecule has 2 rings (SSSR count). The second-order valence-electron chi connectivity index (χ2n) is 4.48. The molecule has 106 valence electrons. The number of pyridine rings is 1. The highest BCUT2D eigenvalue weighted by Crippen LogP contribution is 2.23. The van der Waals surface area contributed by atoms with Crippen LogP contribution in [0.2, 0.25) is 0 Å². The van der Waals surface area contributed by atoms with E-state index in [-0.39, 0.29) is 0 Å². The number of rotatable bonds is 5. The summed E-state index contributed by atoms with van der Waals surface area (Å²) < 4.78 is 6.50. The van der Waals surface area contributed by atoms with E-state index in [4.69, 9.17) is 10.5 Å². The third-order valence-corrected chi connectivity index (χ3v) is 3.35. The van der Waals surface area contributed by atoms with E-state index < -0.39 is 0 Å². The number of benzene rings is 1. The van der Waals surface area contributed by atoms with Gasteiger partial charge < -0.3 is 15.4 Å². The Morgan fingerprint density at radius 2 is 2.10 bits per heavy atom. The van der Waals surface area contributed by atoms with Crippen LogP contribution < -0.4 is 15.4 Å². The van der Waals surface area contributed by atoms with Crippen molar-refractivity contribution in [3.8, 4) is 5.88 Å². The Labute approximate surface area is 127 Å². The summed E-state index contributed by atoms with van der Waals surface area (Å²) in [4.78, 5) is 6.51.